The van der Waals surface area contributed by atoms with Gasteiger partial charge < -0.3 is 15.3 Å². The van der Waals surface area contributed by atoms with Crippen molar-refractivity contribution < 1.29 is 14.7 Å². The Morgan fingerprint density at radius 2 is 2.06 bits per heavy atom. The highest BCUT2D eigenvalue weighted by atomic mass is 16.4. The molecule has 2 unspecified atom stereocenters. The monoisotopic (exact) mass is 226 g/mol. The lowest BCUT2D eigenvalue weighted by Gasteiger charge is -2.41. The number of likely N-dealkylation sites (tertiary alicyclic amines) is 1. The van der Waals surface area contributed by atoms with Crippen LogP contribution in [0.4, 0.5) is 0 Å². The van der Waals surface area contributed by atoms with Gasteiger partial charge in [-0.1, -0.05) is 6.92 Å². The molecule has 5 heteroatoms. The summed E-state index contributed by atoms with van der Waals surface area (Å²) in [6.45, 7) is 3.71. The van der Waals surface area contributed by atoms with Crippen molar-refractivity contribution in [3.63, 3.8) is 0 Å². The lowest BCUT2D eigenvalue weighted by Crippen LogP contribution is -2.60. The van der Waals surface area contributed by atoms with Crippen molar-refractivity contribution in [2.45, 2.75) is 25.8 Å². The largest absolute Gasteiger partial charge is 0.481 e. The van der Waals surface area contributed by atoms with Crippen LogP contribution in [0.25, 0.3) is 0 Å². The molecule has 0 bridgehead atoms. The molecule has 5 nitrogen and oxygen atoms in total. The molecular weight excluding hydrogens is 208 g/mol. The van der Waals surface area contributed by atoms with Gasteiger partial charge in [0.2, 0.25) is 5.91 Å². The number of nitrogens with zero attached hydrogens (tertiary/aromatic N) is 1. The van der Waals surface area contributed by atoms with E-state index in [9.17, 15) is 9.59 Å². The minimum Gasteiger partial charge on any atom is -0.481 e. The maximum Gasteiger partial charge on any atom is 0.310 e. The molecule has 90 valence electrons. The highest BCUT2D eigenvalue weighted by Crippen LogP contribution is 2.22. The van der Waals surface area contributed by atoms with Gasteiger partial charge in [-0.15, -0.1) is 0 Å². The van der Waals surface area contributed by atoms with Crippen LogP contribution >= 0.6 is 0 Å². The van der Waals surface area contributed by atoms with Gasteiger partial charge in [-0.25, -0.2) is 0 Å². The highest BCUT2D eigenvalue weighted by molar-refractivity contribution is 5.85. The van der Waals surface area contributed by atoms with Crippen LogP contribution in [0.5, 0.6) is 0 Å². The predicted molar refractivity (Wildman–Crippen MR) is 57.9 cm³/mol. The van der Waals surface area contributed by atoms with E-state index >= 15 is 0 Å². The standard InChI is InChI=1S/C11H18N2O3/c1-7-3-2-4-12-9(7)10(14)13-5-8(6-13)11(15)16/h7-9,12H,2-6H2,1H3,(H,15,16). The number of carboxylic acids is 1. The second-order valence-corrected chi connectivity index (χ2v) is 4.83. The molecule has 2 fully saturated rings. The Kier molecular flexibility index (Phi) is 3.14. The first-order valence-electron chi connectivity index (χ1n) is 5.84. The molecule has 1 amide bonds. The van der Waals surface area contributed by atoms with Crippen LogP contribution in [0.15, 0.2) is 0 Å². The van der Waals surface area contributed by atoms with E-state index in [2.05, 4.69) is 12.2 Å². The molecule has 2 aliphatic heterocycles. The molecule has 0 aromatic rings. The maximum absolute atomic E-state index is 12.0. The number of hydrogen-bond acceptors (Lipinski definition) is 3. The molecule has 0 aromatic heterocycles. The van der Waals surface area contributed by atoms with Crippen molar-refractivity contribution in [2.24, 2.45) is 11.8 Å². The number of nitrogens with one attached hydrogen (secondary N) is 1. The van der Waals surface area contributed by atoms with E-state index < -0.39 is 5.97 Å². The van der Waals surface area contributed by atoms with E-state index in [1.807, 2.05) is 0 Å². The van der Waals surface area contributed by atoms with Crippen molar-refractivity contribution in [1.29, 1.82) is 0 Å². The fraction of sp³-hybridized carbons (Fsp3) is 0.818. The summed E-state index contributed by atoms with van der Waals surface area (Å²) in [7, 11) is 0. The van der Waals surface area contributed by atoms with Crippen LogP contribution in [-0.2, 0) is 9.59 Å². The lowest BCUT2D eigenvalue weighted by atomic mass is 9.90. The van der Waals surface area contributed by atoms with Crippen LogP contribution in [0, 0.1) is 11.8 Å². The molecule has 0 radical (unpaired) electrons. The number of hydrogen-bond donors (Lipinski definition) is 2. The number of rotatable bonds is 2. The minimum atomic E-state index is -0.797. The van der Waals surface area contributed by atoms with E-state index in [4.69, 9.17) is 5.11 Å². The predicted octanol–water partition coefficient (Wildman–Crippen LogP) is -0.0825. The van der Waals surface area contributed by atoms with Crippen LogP contribution in [0.3, 0.4) is 0 Å². The number of aliphatic carboxylic acids is 1. The zero-order valence-corrected chi connectivity index (χ0v) is 9.48. The van der Waals surface area contributed by atoms with Crippen LogP contribution in [-0.4, -0.2) is 47.6 Å². The maximum atomic E-state index is 12.0. The molecule has 0 saturated carbocycles. The topological polar surface area (TPSA) is 69.6 Å². The van der Waals surface area contributed by atoms with Crippen LogP contribution in [0.2, 0.25) is 0 Å². The minimum absolute atomic E-state index is 0.0738. The van der Waals surface area contributed by atoms with E-state index in [1.54, 1.807) is 4.90 Å². The first-order chi connectivity index (χ1) is 7.59. The average Bonchev–Trinajstić information content (AvgIpc) is 2.15. The Morgan fingerprint density at radius 1 is 1.38 bits per heavy atom. The molecule has 16 heavy (non-hydrogen) atoms. The first kappa shape index (κ1) is 11.4. The molecular formula is C11H18N2O3. The Labute approximate surface area is 94.8 Å². The fourth-order valence-electron chi connectivity index (χ4n) is 2.39. The zero-order chi connectivity index (χ0) is 11.7. The molecule has 2 rings (SSSR count). The third kappa shape index (κ3) is 2.04. The molecule has 0 spiro atoms. The van der Waals surface area contributed by atoms with E-state index in [0.717, 1.165) is 19.4 Å². The fourth-order valence-corrected chi connectivity index (χ4v) is 2.39. The third-order valence-electron chi connectivity index (χ3n) is 3.58. The van der Waals surface area contributed by atoms with Crippen molar-refractivity contribution in [3.05, 3.63) is 0 Å². The normalized spacial score (nSPS) is 30.9. The molecule has 2 N–H and O–H groups in total. The van der Waals surface area contributed by atoms with Gasteiger partial charge in [0.1, 0.15) is 0 Å². The smallest absolute Gasteiger partial charge is 0.310 e. The Hall–Kier alpha value is -1.10. The summed E-state index contributed by atoms with van der Waals surface area (Å²) in [6.07, 6.45) is 2.18. The molecule has 2 aliphatic rings. The summed E-state index contributed by atoms with van der Waals surface area (Å²) in [6, 6.07) is -0.108. The van der Waals surface area contributed by atoms with E-state index in [1.165, 1.54) is 0 Å². The quantitative estimate of drug-likeness (QED) is 0.691. The zero-order valence-electron chi connectivity index (χ0n) is 9.48. The van der Waals surface area contributed by atoms with Gasteiger partial charge in [-0.05, 0) is 25.3 Å². The van der Waals surface area contributed by atoms with Crippen molar-refractivity contribution in [3.8, 4) is 0 Å². The number of piperidine rings is 1. The number of carbonyl (C=O) groups excluding carboxylic acids is 1. The van der Waals surface area contributed by atoms with E-state index in [0.29, 0.717) is 19.0 Å². The van der Waals surface area contributed by atoms with Gasteiger partial charge >= 0.3 is 5.97 Å². The van der Waals surface area contributed by atoms with Crippen molar-refractivity contribution in [2.75, 3.05) is 19.6 Å². The Bertz CT molecular complexity index is 300. The molecule has 0 aliphatic carbocycles. The van der Waals surface area contributed by atoms with Gasteiger partial charge in [0.25, 0.3) is 0 Å². The molecule has 2 atom stereocenters. The summed E-state index contributed by atoms with van der Waals surface area (Å²) < 4.78 is 0. The van der Waals surface area contributed by atoms with Crippen LogP contribution < -0.4 is 5.32 Å². The van der Waals surface area contributed by atoms with Gasteiger partial charge in [0.15, 0.2) is 0 Å². The van der Waals surface area contributed by atoms with Gasteiger partial charge in [-0.3, -0.25) is 9.59 Å². The van der Waals surface area contributed by atoms with Gasteiger partial charge in [0.05, 0.1) is 12.0 Å². The SMILES string of the molecule is CC1CCCNC1C(=O)N1CC(C(=O)O)C1. The molecule has 2 saturated heterocycles. The lowest BCUT2D eigenvalue weighted by molar-refractivity contribution is -0.154. The summed E-state index contributed by atoms with van der Waals surface area (Å²) in [5.74, 6) is -0.730. The van der Waals surface area contributed by atoms with Gasteiger partial charge in [-0.2, -0.15) is 0 Å². The second kappa shape index (κ2) is 4.41. The first-order valence-corrected chi connectivity index (χ1v) is 5.84. The average molecular weight is 226 g/mol. The summed E-state index contributed by atoms with van der Waals surface area (Å²) in [4.78, 5) is 24.3. The van der Waals surface area contributed by atoms with Crippen molar-refractivity contribution in [1.82, 2.24) is 10.2 Å². The Balaban J connectivity index is 1.86. The summed E-state index contributed by atoms with van der Waals surface area (Å²) in [5.41, 5.74) is 0. The second-order valence-electron chi connectivity index (χ2n) is 4.83. The number of carboxylic acid groups (broad SMARTS) is 1. The molecule has 2 heterocycles. The van der Waals surface area contributed by atoms with Gasteiger partial charge in [0, 0.05) is 13.1 Å². The molecule has 0 aromatic carbocycles. The van der Waals surface area contributed by atoms with Crippen molar-refractivity contribution >= 4 is 11.9 Å². The van der Waals surface area contributed by atoms with Crippen LogP contribution in [0.1, 0.15) is 19.8 Å². The third-order valence-corrected chi connectivity index (χ3v) is 3.58. The Morgan fingerprint density at radius 3 is 2.62 bits per heavy atom. The highest BCUT2D eigenvalue weighted by Gasteiger charge is 2.40. The number of carbonyl (C=O) groups is 2. The van der Waals surface area contributed by atoms with E-state index in [-0.39, 0.29) is 17.9 Å². The summed E-state index contributed by atoms with van der Waals surface area (Å²) >= 11 is 0. The number of amides is 1. The summed E-state index contributed by atoms with van der Waals surface area (Å²) in [5, 5.41) is 12.0.